The van der Waals surface area contributed by atoms with Crippen molar-refractivity contribution in [2.75, 3.05) is 24.6 Å². The number of amides is 2. The summed E-state index contributed by atoms with van der Waals surface area (Å²) in [4.78, 5) is 38.8. The molecule has 0 aliphatic carbocycles. The van der Waals surface area contributed by atoms with Crippen LogP contribution in [-0.4, -0.2) is 56.5 Å². The largest absolute Gasteiger partial charge is 0.383 e. The number of nitrogens with two attached hydrogens (primary N) is 1. The Kier molecular flexibility index (Phi) is 6.81. The minimum absolute atomic E-state index is 0.0223. The van der Waals surface area contributed by atoms with Crippen molar-refractivity contribution in [1.29, 1.82) is 0 Å². The molecule has 166 valence electrons. The summed E-state index contributed by atoms with van der Waals surface area (Å²) in [7, 11) is 0. The number of benzene rings is 2. The van der Waals surface area contributed by atoms with Crippen molar-refractivity contribution in [1.82, 2.24) is 19.8 Å². The van der Waals surface area contributed by atoms with Crippen molar-refractivity contribution < 1.29 is 9.59 Å². The van der Waals surface area contributed by atoms with Gasteiger partial charge in [-0.1, -0.05) is 24.6 Å². The van der Waals surface area contributed by atoms with E-state index in [9.17, 15) is 9.59 Å². The fourth-order valence-corrected chi connectivity index (χ4v) is 4.80. The summed E-state index contributed by atoms with van der Waals surface area (Å²) in [6.07, 6.45) is 2.01. The van der Waals surface area contributed by atoms with E-state index in [1.807, 2.05) is 42.2 Å². The van der Waals surface area contributed by atoms with E-state index in [4.69, 9.17) is 17.3 Å². The third kappa shape index (κ3) is 4.81. The summed E-state index contributed by atoms with van der Waals surface area (Å²) in [5.74, 6) is 0.679. The molecule has 2 heterocycles. The van der Waals surface area contributed by atoms with Crippen molar-refractivity contribution in [3.05, 3.63) is 59.4 Å². The Morgan fingerprint density at radius 3 is 2.72 bits per heavy atom. The Balaban J connectivity index is 1.41. The number of hydrogen-bond acceptors (Lipinski definition) is 6. The molecule has 1 saturated heterocycles. The second-order valence-electron chi connectivity index (χ2n) is 7.62. The molecule has 1 aliphatic rings. The Morgan fingerprint density at radius 1 is 1.19 bits per heavy atom. The van der Waals surface area contributed by atoms with Crippen molar-refractivity contribution in [2.24, 2.45) is 0 Å². The zero-order chi connectivity index (χ0) is 22.7. The van der Waals surface area contributed by atoms with E-state index in [0.717, 1.165) is 21.4 Å². The first-order valence-corrected chi connectivity index (χ1v) is 11.8. The fraction of sp³-hybridized carbons (Fsp3) is 0.304. The molecule has 0 radical (unpaired) electrons. The number of carbonyl (C=O) groups is 2. The van der Waals surface area contributed by atoms with Gasteiger partial charge in [0, 0.05) is 34.9 Å². The Hall–Kier alpha value is -2.84. The van der Waals surface area contributed by atoms with Crippen LogP contribution in [0.25, 0.3) is 10.9 Å². The lowest BCUT2D eigenvalue weighted by molar-refractivity contribution is -0.150. The number of nitrogens with zero attached hydrogens (tertiary/aromatic N) is 4. The second kappa shape index (κ2) is 9.75. The highest BCUT2D eigenvalue weighted by atomic mass is 35.5. The van der Waals surface area contributed by atoms with Crippen LogP contribution in [-0.2, 0) is 16.1 Å². The topological polar surface area (TPSA) is 92.4 Å². The number of rotatable bonds is 6. The number of fused-ring (bicyclic) bond motifs is 1. The van der Waals surface area contributed by atoms with Crippen molar-refractivity contribution in [3.63, 3.8) is 0 Å². The number of hydrogen-bond donors (Lipinski definition) is 1. The number of halogens is 1. The third-order valence-electron chi connectivity index (χ3n) is 5.57. The highest BCUT2D eigenvalue weighted by Gasteiger charge is 2.36. The van der Waals surface area contributed by atoms with E-state index in [2.05, 4.69) is 9.97 Å². The summed E-state index contributed by atoms with van der Waals surface area (Å²) in [6, 6.07) is 12.7. The fourth-order valence-electron chi connectivity index (χ4n) is 3.89. The monoisotopic (exact) mass is 469 g/mol. The van der Waals surface area contributed by atoms with Crippen molar-refractivity contribution in [3.8, 4) is 0 Å². The summed E-state index contributed by atoms with van der Waals surface area (Å²) < 4.78 is 0. The molecular formula is C23H24ClN5O2S. The molecule has 2 amide bonds. The van der Waals surface area contributed by atoms with Gasteiger partial charge in [-0.15, -0.1) is 11.8 Å². The number of piperazine rings is 1. The highest BCUT2D eigenvalue weighted by molar-refractivity contribution is 8.00. The summed E-state index contributed by atoms with van der Waals surface area (Å²) in [6.45, 7) is 3.43. The average molecular weight is 470 g/mol. The molecule has 0 bridgehead atoms. The molecule has 1 unspecified atom stereocenters. The quantitative estimate of drug-likeness (QED) is 0.554. The van der Waals surface area contributed by atoms with Gasteiger partial charge < -0.3 is 15.5 Å². The van der Waals surface area contributed by atoms with E-state index in [0.29, 0.717) is 36.9 Å². The lowest BCUT2D eigenvalue weighted by Crippen LogP contribution is -2.58. The SMILES string of the molecule is CCC1C(=O)N(Cc2ccc3c(N)ncnc3c2)CCN1C(=O)CSc1ccc(Cl)cc1. The molecule has 2 N–H and O–H groups in total. The van der Waals surface area contributed by atoms with E-state index in [1.165, 1.54) is 18.1 Å². The van der Waals surface area contributed by atoms with Gasteiger partial charge >= 0.3 is 0 Å². The van der Waals surface area contributed by atoms with Gasteiger partial charge in [0.25, 0.3) is 0 Å². The van der Waals surface area contributed by atoms with Crippen LogP contribution in [0.3, 0.4) is 0 Å². The molecular weight excluding hydrogens is 446 g/mol. The van der Waals surface area contributed by atoms with E-state index < -0.39 is 6.04 Å². The Morgan fingerprint density at radius 2 is 1.97 bits per heavy atom. The summed E-state index contributed by atoms with van der Waals surface area (Å²) in [5, 5.41) is 1.46. The lowest BCUT2D eigenvalue weighted by atomic mass is 10.1. The van der Waals surface area contributed by atoms with E-state index >= 15 is 0 Å². The van der Waals surface area contributed by atoms with Gasteiger partial charge in [0.1, 0.15) is 18.2 Å². The Labute approximate surface area is 195 Å². The number of anilines is 1. The Bertz CT molecular complexity index is 1140. The van der Waals surface area contributed by atoms with Crippen LogP contribution >= 0.6 is 23.4 Å². The number of aromatic nitrogens is 2. The normalized spacial score (nSPS) is 16.6. The zero-order valence-corrected chi connectivity index (χ0v) is 19.3. The molecule has 2 aromatic carbocycles. The molecule has 3 aromatic rings. The van der Waals surface area contributed by atoms with Crippen LogP contribution in [0, 0.1) is 0 Å². The molecule has 1 atom stereocenters. The molecule has 0 saturated carbocycles. The van der Waals surface area contributed by atoms with Crippen LogP contribution < -0.4 is 5.73 Å². The highest BCUT2D eigenvalue weighted by Crippen LogP contribution is 2.24. The molecule has 9 heteroatoms. The molecule has 32 heavy (non-hydrogen) atoms. The predicted molar refractivity (Wildman–Crippen MR) is 127 cm³/mol. The first-order chi connectivity index (χ1) is 15.5. The first kappa shape index (κ1) is 22.4. The number of nitrogen functional groups attached to an aromatic ring is 1. The zero-order valence-electron chi connectivity index (χ0n) is 17.7. The summed E-state index contributed by atoms with van der Waals surface area (Å²) in [5.41, 5.74) is 7.62. The smallest absolute Gasteiger partial charge is 0.245 e. The van der Waals surface area contributed by atoms with Crippen LogP contribution in [0.5, 0.6) is 0 Å². The molecule has 7 nitrogen and oxygen atoms in total. The maximum atomic E-state index is 13.2. The third-order valence-corrected chi connectivity index (χ3v) is 6.82. The maximum Gasteiger partial charge on any atom is 0.245 e. The van der Waals surface area contributed by atoms with Crippen LogP contribution in [0.2, 0.25) is 5.02 Å². The number of thioether (sulfide) groups is 1. The first-order valence-electron chi connectivity index (χ1n) is 10.4. The van der Waals surface area contributed by atoms with Crippen molar-refractivity contribution in [2.45, 2.75) is 30.8 Å². The summed E-state index contributed by atoms with van der Waals surface area (Å²) >= 11 is 7.37. The van der Waals surface area contributed by atoms with Gasteiger partial charge in [0.05, 0.1) is 11.3 Å². The van der Waals surface area contributed by atoms with Crippen LogP contribution in [0.4, 0.5) is 5.82 Å². The van der Waals surface area contributed by atoms with Gasteiger partial charge in [0.2, 0.25) is 11.8 Å². The molecule has 1 aliphatic heterocycles. The van der Waals surface area contributed by atoms with E-state index in [-0.39, 0.29) is 17.6 Å². The standard InChI is InChI=1S/C23H24ClN5O2S/c1-2-20-23(31)28(12-15-3-8-18-19(11-15)26-14-27-22(18)25)9-10-29(20)21(30)13-32-17-6-4-16(24)5-7-17/h3-8,11,14,20H,2,9-10,12-13H2,1H3,(H2,25,26,27). The van der Waals surface area contributed by atoms with E-state index in [1.54, 1.807) is 17.0 Å². The van der Waals surface area contributed by atoms with Crippen LogP contribution in [0.1, 0.15) is 18.9 Å². The molecule has 0 spiro atoms. The predicted octanol–water partition coefficient (Wildman–Crippen LogP) is 3.61. The minimum atomic E-state index is -0.444. The van der Waals surface area contributed by atoms with Crippen LogP contribution in [0.15, 0.2) is 53.7 Å². The van der Waals surface area contributed by atoms with Crippen molar-refractivity contribution >= 4 is 51.9 Å². The minimum Gasteiger partial charge on any atom is -0.383 e. The lowest BCUT2D eigenvalue weighted by Gasteiger charge is -2.40. The number of carbonyl (C=O) groups excluding carboxylic acids is 2. The van der Waals surface area contributed by atoms with Gasteiger partial charge in [-0.25, -0.2) is 9.97 Å². The molecule has 4 rings (SSSR count). The van der Waals surface area contributed by atoms with Gasteiger partial charge in [0.15, 0.2) is 0 Å². The van der Waals surface area contributed by atoms with Gasteiger partial charge in [-0.2, -0.15) is 0 Å². The molecule has 1 aromatic heterocycles. The van der Waals surface area contributed by atoms with Gasteiger partial charge in [-0.3, -0.25) is 9.59 Å². The average Bonchev–Trinajstić information content (AvgIpc) is 2.80. The second-order valence-corrected chi connectivity index (χ2v) is 9.11. The molecule has 1 fully saturated rings. The maximum absolute atomic E-state index is 13.2. The van der Waals surface area contributed by atoms with Gasteiger partial charge in [-0.05, 0) is 48.4 Å².